The summed E-state index contributed by atoms with van der Waals surface area (Å²) in [5.74, 6) is -0.425. The van der Waals surface area contributed by atoms with E-state index in [1.54, 1.807) is 14.0 Å². The van der Waals surface area contributed by atoms with Gasteiger partial charge in [0, 0.05) is 51.5 Å². The molecule has 0 bridgehead atoms. The van der Waals surface area contributed by atoms with Crippen molar-refractivity contribution in [2.24, 2.45) is 0 Å². The van der Waals surface area contributed by atoms with Crippen molar-refractivity contribution in [3.05, 3.63) is 46.2 Å². The van der Waals surface area contributed by atoms with E-state index in [1.807, 2.05) is 50.8 Å². The van der Waals surface area contributed by atoms with Gasteiger partial charge in [0.25, 0.3) is 0 Å². The Morgan fingerprint density at radius 3 is 2.60 bits per heavy atom. The summed E-state index contributed by atoms with van der Waals surface area (Å²) in [7, 11) is 1.68. The van der Waals surface area contributed by atoms with E-state index >= 15 is 0 Å². The second-order valence-electron chi connectivity index (χ2n) is 9.39. The second-order valence-corrected chi connectivity index (χ2v) is 9.39. The fourth-order valence-electron chi connectivity index (χ4n) is 4.73. The SMILES string of the molecule is CCCNC(=O)N1CCN(CC2=C(C(=O)OCC)C(c3cc(C)ccc3C)NC(=O)N2C)CC1C. The molecular formula is C26H39N5O4. The molecule has 1 aromatic rings. The van der Waals surface area contributed by atoms with Crippen LogP contribution in [-0.4, -0.2) is 85.2 Å². The van der Waals surface area contributed by atoms with E-state index in [-0.39, 0.29) is 24.7 Å². The predicted molar refractivity (Wildman–Crippen MR) is 135 cm³/mol. The highest BCUT2D eigenvalue weighted by Crippen LogP contribution is 2.33. The zero-order valence-corrected chi connectivity index (χ0v) is 21.8. The smallest absolute Gasteiger partial charge is 0.338 e. The number of carbonyl (C=O) groups excluding carboxylic acids is 3. The summed E-state index contributed by atoms with van der Waals surface area (Å²) in [5.41, 5.74) is 4.02. The Bertz CT molecular complexity index is 992. The van der Waals surface area contributed by atoms with Gasteiger partial charge in [0.05, 0.1) is 18.2 Å². The fourth-order valence-corrected chi connectivity index (χ4v) is 4.73. The van der Waals surface area contributed by atoms with Gasteiger partial charge in [0.15, 0.2) is 0 Å². The molecule has 0 aromatic heterocycles. The molecule has 35 heavy (non-hydrogen) atoms. The number of amides is 4. The van der Waals surface area contributed by atoms with Crippen molar-refractivity contribution in [2.45, 2.75) is 53.1 Å². The number of nitrogens with one attached hydrogen (secondary N) is 2. The van der Waals surface area contributed by atoms with Gasteiger partial charge in [-0.15, -0.1) is 0 Å². The van der Waals surface area contributed by atoms with Crippen LogP contribution >= 0.6 is 0 Å². The Hall–Kier alpha value is -3.07. The number of rotatable bonds is 7. The molecule has 9 heteroatoms. The van der Waals surface area contributed by atoms with Crippen LogP contribution in [0.4, 0.5) is 9.59 Å². The number of urea groups is 2. The minimum atomic E-state index is -0.591. The lowest BCUT2D eigenvalue weighted by Gasteiger charge is -2.42. The van der Waals surface area contributed by atoms with Crippen molar-refractivity contribution in [1.29, 1.82) is 0 Å². The number of ether oxygens (including phenoxy) is 1. The Morgan fingerprint density at radius 2 is 1.94 bits per heavy atom. The maximum Gasteiger partial charge on any atom is 0.338 e. The van der Waals surface area contributed by atoms with Gasteiger partial charge in [0.1, 0.15) is 0 Å². The molecular weight excluding hydrogens is 446 g/mol. The topological polar surface area (TPSA) is 94.2 Å². The van der Waals surface area contributed by atoms with Crippen LogP contribution in [0.2, 0.25) is 0 Å². The summed E-state index contributed by atoms with van der Waals surface area (Å²) in [6.45, 7) is 13.0. The minimum absolute atomic E-state index is 0.00443. The first-order valence-electron chi connectivity index (χ1n) is 12.5. The van der Waals surface area contributed by atoms with Gasteiger partial charge in [-0.05, 0) is 45.2 Å². The number of likely N-dealkylation sites (N-methyl/N-ethyl adjacent to an activating group) is 1. The van der Waals surface area contributed by atoms with Crippen molar-refractivity contribution in [3.63, 3.8) is 0 Å². The van der Waals surface area contributed by atoms with E-state index in [9.17, 15) is 14.4 Å². The van der Waals surface area contributed by atoms with Crippen molar-refractivity contribution < 1.29 is 19.1 Å². The molecule has 2 aliphatic heterocycles. The molecule has 2 unspecified atom stereocenters. The number of nitrogens with zero attached hydrogens (tertiary/aromatic N) is 3. The maximum absolute atomic E-state index is 13.3. The number of aryl methyl sites for hydroxylation is 2. The summed E-state index contributed by atoms with van der Waals surface area (Å²) in [4.78, 5) is 44.3. The highest BCUT2D eigenvalue weighted by molar-refractivity contribution is 5.95. The quantitative estimate of drug-likeness (QED) is 0.579. The molecule has 4 amide bonds. The summed E-state index contributed by atoms with van der Waals surface area (Å²) < 4.78 is 5.46. The van der Waals surface area contributed by atoms with Crippen LogP contribution in [0, 0.1) is 13.8 Å². The van der Waals surface area contributed by atoms with Crippen molar-refractivity contribution in [2.75, 3.05) is 46.4 Å². The average molecular weight is 486 g/mol. The summed E-state index contributed by atoms with van der Waals surface area (Å²) in [5, 5.41) is 5.95. The third-order valence-electron chi connectivity index (χ3n) is 6.69. The second kappa shape index (κ2) is 11.6. The summed E-state index contributed by atoms with van der Waals surface area (Å²) >= 11 is 0. The Kier molecular flexibility index (Phi) is 8.77. The van der Waals surface area contributed by atoms with E-state index in [1.165, 1.54) is 4.90 Å². The zero-order chi connectivity index (χ0) is 25.7. The molecule has 3 rings (SSSR count). The Morgan fingerprint density at radius 1 is 1.20 bits per heavy atom. The van der Waals surface area contributed by atoms with Gasteiger partial charge >= 0.3 is 18.0 Å². The Labute approximate surface area is 208 Å². The molecule has 1 fully saturated rings. The molecule has 9 nitrogen and oxygen atoms in total. The molecule has 0 aliphatic carbocycles. The predicted octanol–water partition coefficient (Wildman–Crippen LogP) is 2.94. The molecule has 2 atom stereocenters. The first kappa shape index (κ1) is 26.5. The number of piperazine rings is 1. The standard InChI is InChI=1S/C26H39N5O4/c1-7-11-27-25(33)31-13-12-30(15-19(31)5)16-21-22(24(32)35-8-2)23(28-26(34)29(21)6)20-14-17(3)9-10-18(20)4/h9-10,14,19,23H,7-8,11-13,15-16H2,1-6H3,(H,27,33)(H,28,34). The lowest BCUT2D eigenvalue weighted by Crippen LogP contribution is -2.58. The normalized spacial score (nSPS) is 21.1. The fraction of sp³-hybridized carbons (Fsp3) is 0.577. The average Bonchev–Trinajstić information content (AvgIpc) is 2.82. The van der Waals surface area contributed by atoms with Crippen LogP contribution in [0.3, 0.4) is 0 Å². The van der Waals surface area contributed by atoms with Gasteiger partial charge in [-0.25, -0.2) is 14.4 Å². The summed E-state index contributed by atoms with van der Waals surface area (Å²) in [6, 6.07) is 5.14. The lowest BCUT2D eigenvalue weighted by molar-refractivity contribution is -0.139. The zero-order valence-electron chi connectivity index (χ0n) is 21.8. The van der Waals surface area contributed by atoms with Crippen LogP contribution in [0.15, 0.2) is 29.5 Å². The van der Waals surface area contributed by atoms with Crippen LogP contribution in [0.25, 0.3) is 0 Å². The highest BCUT2D eigenvalue weighted by atomic mass is 16.5. The third-order valence-corrected chi connectivity index (χ3v) is 6.69. The van der Waals surface area contributed by atoms with E-state index < -0.39 is 12.0 Å². The van der Waals surface area contributed by atoms with E-state index in [4.69, 9.17) is 4.74 Å². The number of esters is 1. The van der Waals surface area contributed by atoms with E-state index in [0.29, 0.717) is 44.0 Å². The molecule has 192 valence electrons. The molecule has 0 radical (unpaired) electrons. The number of hydrogen-bond donors (Lipinski definition) is 2. The lowest BCUT2D eigenvalue weighted by atomic mass is 9.90. The largest absolute Gasteiger partial charge is 0.463 e. The molecule has 0 spiro atoms. The maximum atomic E-state index is 13.3. The van der Waals surface area contributed by atoms with Crippen LogP contribution in [0.5, 0.6) is 0 Å². The minimum Gasteiger partial charge on any atom is -0.463 e. The van der Waals surface area contributed by atoms with Crippen molar-refractivity contribution in [3.8, 4) is 0 Å². The summed E-state index contributed by atoms with van der Waals surface area (Å²) in [6.07, 6.45) is 0.890. The molecule has 1 saturated heterocycles. The van der Waals surface area contributed by atoms with Crippen LogP contribution in [0.1, 0.15) is 49.9 Å². The first-order valence-corrected chi connectivity index (χ1v) is 12.5. The molecule has 1 aromatic carbocycles. The van der Waals surface area contributed by atoms with Crippen molar-refractivity contribution >= 4 is 18.0 Å². The van der Waals surface area contributed by atoms with Crippen LogP contribution < -0.4 is 10.6 Å². The van der Waals surface area contributed by atoms with Crippen molar-refractivity contribution in [1.82, 2.24) is 25.3 Å². The number of benzene rings is 1. The number of carbonyl (C=O) groups is 3. The monoisotopic (exact) mass is 485 g/mol. The molecule has 2 heterocycles. The van der Waals surface area contributed by atoms with Gasteiger partial charge in [0.2, 0.25) is 0 Å². The van der Waals surface area contributed by atoms with Gasteiger partial charge in [-0.2, -0.15) is 0 Å². The first-order chi connectivity index (χ1) is 16.7. The molecule has 2 N–H and O–H groups in total. The number of hydrogen-bond acceptors (Lipinski definition) is 5. The van der Waals surface area contributed by atoms with E-state index in [2.05, 4.69) is 15.5 Å². The molecule has 2 aliphatic rings. The van der Waals surface area contributed by atoms with Gasteiger partial charge < -0.3 is 20.3 Å². The Balaban J connectivity index is 1.93. The van der Waals surface area contributed by atoms with Gasteiger partial charge in [-0.3, -0.25) is 9.80 Å². The van der Waals surface area contributed by atoms with Crippen LogP contribution in [-0.2, 0) is 9.53 Å². The van der Waals surface area contributed by atoms with E-state index in [0.717, 1.165) is 23.1 Å². The third kappa shape index (κ3) is 5.96. The highest BCUT2D eigenvalue weighted by Gasteiger charge is 2.39. The molecule has 0 saturated carbocycles. The van der Waals surface area contributed by atoms with Gasteiger partial charge in [-0.1, -0.05) is 30.7 Å².